The predicted octanol–water partition coefficient (Wildman–Crippen LogP) is 4.93. The maximum Gasteiger partial charge on any atom is 0.248 e. The van der Waals surface area contributed by atoms with Gasteiger partial charge in [-0.05, 0) is 61.3 Å². The van der Waals surface area contributed by atoms with Crippen molar-refractivity contribution in [3.8, 4) is 0 Å². The van der Waals surface area contributed by atoms with Gasteiger partial charge in [0.1, 0.15) is 0 Å². The van der Waals surface area contributed by atoms with E-state index in [1.807, 2.05) is 12.1 Å². The van der Waals surface area contributed by atoms with Gasteiger partial charge in [0.15, 0.2) is 9.84 Å². The molecule has 3 aliphatic rings. The number of halogens is 3. The number of hydrogen-bond donors (Lipinski definition) is 0. The molecule has 1 aromatic rings. The number of nitrogens with zero attached hydrogens (tertiary/aromatic N) is 1. The van der Waals surface area contributed by atoms with Crippen LogP contribution in [0.1, 0.15) is 56.1 Å². The monoisotopic (exact) mass is 445 g/mol. The zero-order chi connectivity index (χ0) is 20.9. The largest absolute Gasteiger partial charge is 0.302 e. The molecule has 162 valence electrons. The highest BCUT2D eigenvalue weighted by Crippen LogP contribution is 2.43. The van der Waals surface area contributed by atoms with E-state index in [9.17, 15) is 17.2 Å². The van der Waals surface area contributed by atoms with Crippen LogP contribution in [0.4, 0.5) is 8.78 Å². The van der Waals surface area contributed by atoms with Crippen LogP contribution in [0, 0.1) is 11.3 Å². The minimum Gasteiger partial charge on any atom is -0.302 e. The summed E-state index contributed by atoms with van der Waals surface area (Å²) in [5, 5.41) is 0.699. The van der Waals surface area contributed by atoms with Crippen LogP contribution in [0.25, 0.3) is 0 Å². The number of benzene rings is 1. The number of rotatable bonds is 5. The molecular formula is C22H30ClF2NO2S. The molecule has 0 radical (unpaired) electrons. The van der Waals surface area contributed by atoms with Gasteiger partial charge in [0.2, 0.25) is 5.92 Å². The average Bonchev–Trinajstić information content (AvgIpc) is 2.97. The van der Waals surface area contributed by atoms with Gasteiger partial charge in [0.25, 0.3) is 0 Å². The van der Waals surface area contributed by atoms with Crippen LogP contribution >= 0.6 is 11.6 Å². The van der Waals surface area contributed by atoms with Crippen LogP contribution in [0.2, 0.25) is 5.02 Å². The van der Waals surface area contributed by atoms with Crippen molar-refractivity contribution in [2.45, 2.75) is 57.3 Å². The standard InChI is InChI=1S/C22H30ClF2NO2S/c1-16(12-26-9-8-21(13-26)14-29(27,28)15-21)10-17-2-3-19(20(23)11-17)18-4-6-22(24,25)7-5-18/h2-3,11,16,18H,4-10,12-15H2,1H3/t16-/m1/s1. The van der Waals surface area contributed by atoms with Crippen molar-refractivity contribution in [2.75, 3.05) is 31.1 Å². The lowest BCUT2D eigenvalue weighted by Crippen LogP contribution is -2.50. The van der Waals surface area contributed by atoms with E-state index in [0.29, 0.717) is 35.3 Å². The third-order valence-electron chi connectivity index (χ3n) is 6.95. The van der Waals surface area contributed by atoms with Crippen molar-refractivity contribution >= 4 is 21.4 Å². The molecule has 2 aliphatic heterocycles. The Morgan fingerprint density at radius 1 is 1.21 bits per heavy atom. The second kappa shape index (κ2) is 7.76. The molecule has 1 spiro atoms. The summed E-state index contributed by atoms with van der Waals surface area (Å²) in [7, 11) is -2.78. The van der Waals surface area contributed by atoms with Gasteiger partial charge in [0.05, 0.1) is 11.5 Å². The normalized spacial score (nSPS) is 27.0. The highest BCUT2D eigenvalue weighted by molar-refractivity contribution is 7.92. The molecule has 0 amide bonds. The van der Waals surface area contributed by atoms with Gasteiger partial charge in [0, 0.05) is 36.4 Å². The molecule has 2 saturated heterocycles. The van der Waals surface area contributed by atoms with Crippen molar-refractivity contribution < 1.29 is 17.2 Å². The van der Waals surface area contributed by atoms with Crippen molar-refractivity contribution in [1.29, 1.82) is 0 Å². The summed E-state index contributed by atoms with van der Waals surface area (Å²) >= 11 is 6.52. The third-order valence-corrected chi connectivity index (χ3v) is 9.38. The number of sulfone groups is 1. The second-order valence-electron chi connectivity index (χ2n) is 9.81. The van der Waals surface area contributed by atoms with Crippen molar-refractivity contribution in [3.63, 3.8) is 0 Å². The molecule has 7 heteroatoms. The molecule has 0 N–H and O–H groups in total. The van der Waals surface area contributed by atoms with E-state index in [-0.39, 0.29) is 24.2 Å². The summed E-state index contributed by atoms with van der Waals surface area (Å²) < 4.78 is 49.9. The highest BCUT2D eigenvalue weighted by atomic mass is 35.5. The van der Waals surface area contributed by atoms with E-state index in [1.165, 1.54) is 5.56 Å². The molecule has 1 saturated carbocycles. The van der Waals surface area contributed by atoms with Gasteiger partial charge in [-0.25, -0.2) is 17.2 Å². The first-order chi connectivity index (χ1) is 13.5. The van der Waals surface area contributed by atoms with Crippen molar-refractivity contribution in [1.82, 2.24) is 4.90 Å². The Morgan fingerprint density at radius 3 is 2.52 bits per heavy atom. The second-order valence-corrected chi connectivity index (χ2v) is 12.3. The van der Waals surface area contributed by atoms with Gasteiger partial charge >= 0.3 is 0 Å². The lowest BCUT2D eigenvalue weighted by atomic mass is 9.82. The molecule has 0 unspecified atom stereocenters. The maximum atomic E-state index is 13.4. The summed E-state index contributed by atoms with van der Waals surface area (Å²) in [6.45, 7) is 5.04. The third kappa shape index (κ3) is 4.96. The van der Waals surface area contributed by atoms with Gasteiger partial charge in [-0.3, -0.25) is 0 Å². The van der Waals surface area contributed by atoms with Gasteiger partial charge in [-0.1, -0.05) is 30.7 Å². The molecule has 3 fully saturated rings. The van der Waals surface area contributed by atoms with Crippen LogP contribution in [0.15, 0.2) is 18.2 Å². The molecule has 1 atom stereocenters. The Hall–Kier alpha value is -0.720. The summed E-state index contributed by atoms with van der Waals surface area (Å²) in [6.07, 6.45) is 2.78. The number of alkyl halides is 2. The Bertz CT molecular complexity index is 852. The van der Waals surface area contributed by atoms with Crippen molar-refractivity contribution in [3.05, 3.63) is 34.3 Å². The van der Waals surface area contributed by atoms with Crippen LogP contribution in [0.3, 0.4) is 0 Å². The van der Waals surface area contributed by atoms with E-state index >= 15 is 0 Å². The minimum absolute atomic E-state index is 0.0142. The molecule has 1 aromatic carbocycles. The summed E-state index contributed by atoms with van der Waals surface area (Å²) in [6, 6.07) is 6.13. The Balaban J connectivity index is 1.30. The topological polar surface area (TPSA) is 37.4 Å². The van der Waals surface area contributed by atoms with Gasteiger partial charge in [-0.15, -0.1) is 0 Å². The highest BCUT2D eigenvalue weighted by Gasteiger charge is 2.51. The minimum atomic E-state index is -2.78. The molecular weight excluding hydrogens is 416 g/mol. The lowest BCUT2D eigenvalue weighted by molar-refractivity contribution is -0.0382. The van der Waals surface area contributed by atoms with E-state index in [4.69, 9.17) is 11.6 Å². The van der Waals surface area contributed by atoms with Gasteiger partial charge in [-0.2, -0.15) is 0 Å². The van der Waals surface area contributed by atoms with Crippen LogP contribution in [0.5, 0.6) is 0 Å². The van der Waals surface area contributed by atoms with E-state index < -0.39 is 15.8 Å². The number of likely N-dealkylation sites (tertiary alicyclic amines) is 1. The summed E-state index contributed by atoms with van der Waals surface area (Å²) in [4.78, 5) is 2.40. The molecule has 0 bridgehead atoms. The Labute approximate surface area is 177 Å². The van der Waals surface area contributed by atoms with E-state index in [0.717, 1.165) is 38.0 Å². The molecule has 4 rings (SSSR count). The SMILES string of the molecule is C[C@H](Cc1ccc(C2CCC(F)(F)CC2)c(Cl)c1)CN1CCC2(C1)CS(=O)(=O)C2. The molecule has 2 heterocycles. The summed E-state index contributed by atoms with van der Waals surface area (Å²) in [5.41, 5.74) is 2.19. The first-order valence-corrected chi connectivity index (χ1v) is 12.8. The zero-order valence-corrected chi connectivity index (χ0v) is 18.5. The zero-order valence-electron chi connectivity index (χ0n) is 17.0. The first-order valence-electron chi connectivity index (χ1n) is 10.6. The fraction of sp³-hybridized carbons (Fsp3) is 0.727. The Kier molecular flexibility index (Phi) is 5.75. The van der Waals surface area contributed by atoms with Crippen LogP contribution in [-0.4, -0.2) is 50.4 Å². The summed E-state index contributed by atoms with van der Waals surface area (Å²) in [5.74, 6) is -1.23. The smallest absolute Gasteiger partial charge is 0.248 e. The van der Waals surface area contributed by atoms with E-state index in [2.05, 4.69) is 17.9 Å². The molecule has 0 aromatic heterocycles. The van der Waals surface area contributed by atoms with E-state index in [1.54, 1.807) is 0 Å². The first kappa shape index (κ1) is 21.5. The van der Waals surface area contributed by atoms with Crippen molar-refractivity contribution in [2.24, 2.45) is 11.3 Å². The van der Waals surface area contributed by atoms with Crippen LogP contribution in [-0.2, 0) is 16.3 Å². The number of hydrogen-bond acceptors (Lipinski definition) is 3. The molecule has 29 heavy (non-hydrogen) atoms. The molecule has 1 aliphatic carbocycles. The maximum absolute atomic E-state index is 13.4. The lowest BCUT2D eigenvalue weighted by Gasteiger charge is -2.37. The Morgan fingerprint density at radius 2 is 1.90 bits per heavy atom. The average molecular weight is 446 g/mol. The van der Waals surface area contributed by atoms with Gasteiger partial charge < -0.3 is 4.90 Å². The fourth-order valence-electron chi connectivity index (χ4n) is 5.60. The predicted molar refractivity (Wildman–Crippen MR) is 113 cm³/mol. The fourth-order valence-corrected chi connectivity index (χ4v) is 8.21. The molecule has 3 nitrogen and oxygen atoms in total. The quantitative estimate of drug-likeness (QED) is 0.644. The van der Waals surface area contributed by atoms with Crippen LogP contribution < -0.4 is 0 Å².